The Balaban J connectivity index is 2.51. The van der Waals surface area contributed by atoms with Gasteiger partial charge in [-0.2, -0.15) is 0 Å². The summed E-state index contributed by atoms with van der Waals surface area (Å²) in [5.74, 6) is 0.0304. The lowest BCUT2D eigenvalue weighted by molar-refractivity contribution is -0.119. The maximum atomic E-state index is 11.8. The van der Waals surface area contributed by atoms with Crippen LogP contribution in [-0.2, 0) is 4.79 Å². The molecule has 1 aliphatic heterocycles. The van der Waals surface area contributed by atoms with E-state index in [4.69, 9.17) is 11.6 Å². The van der Waals surface area contributed by atoms with Gasteiger partial charge in [0, 0.05) is 13.1 Å². The van der Waals surface area contributed by atoms with Crippen LogP contribution in [0, 0.1) is 5.92 Å². The number of halogens is 1. The minimum atomic E-state index is -0.0246. The number of hydrogen-bond donors (Lipinski definition) is 1. The third kappa shape index (κ3) is 1.87. The van der Waals surface area contributed by atoms with E-state index in [1.165, 1.54) is 0 Å². The first kappa shape index (κ1) is 11.3. The van der Waals surface area contributed by atoms with Crippen LogP contribution in [0.2, 0.25) is 5.02 Å². The number of hydrogen-bond acceptors (Lipinski definition) is 2. The molecule has 1 aliphatic rings. The van der Waals surface area contributed by atoms with E-state index < -0.39 is 0 Å². The van der Waals surface area contributed by atoms with Crippen molar-refractivity contribution >= 4 is 28.9 Å². The molecular weight excluding hydrogens is 224 g/mol. The van der Waals surface area contributed by atoms with Gasteiger partial charge < -0.3 is 10.2 Å². The Morgan fingerprint density at radius 2 is 2.31 bits per heavy atom. The Morgan fingerprint density at radius 1 is 1.56 bits per heavy atom. The van der Waals surface area contributed by atoms with Gasteiger partial charge in [0.1, 0.15) is 0 Å². The molecule has 16 heavy (non-hydrogen) atoms. The van der Waals surface area contributed by atoms with Crippen molar-refractivity contribution in [3.8, 4) is 0 Å². The Kier molecular flexibility index (Phi) is 3.06. The number of carbonyl (C=O) groups is 1. The van der Waals surface area contributed by atoms with Crippen molar-refractivity contribution in [2.75, 3.05) is 23.3 Å². The van der Waals surface area contributed by atoms with Gasteiger partial charge in [0.15, 0.2) is 0 Å². The molecule has 0 aromatic heterocycles. The summed E-state index contributed by atoms with van der Waals surface area (Å²) >= 11 is 6.19. The van der Waals surface area contributed by atoms with Gasteiger partial charge in [-0.05, 0) is 19.1 Å². The lowest BCUT2D eigenvalue weighted by Gasteiger charge is -2.24. The molecule has 1 N–H and O–H groups in total. The first-order valence-corrected chi connectivity index (χ1v) is 5.85. The molecule has 86 valence electrons. The van der Waals surface area contributed by atoms with Crippen molar-refractivity contribution in [3.05, 3.63) is 23.2 Å². The maximum absolute atomic E-state index is 11.8. The minimum Gasteiger partial charge on any atom is -0.368 e. The smallest absolute Gasteiger partial charge is 0.229 e. The standard InChI is InChI=1S/C12H15ClN2O/c1-3-15-7-8(2)12(16)14-10-6-4-5-9(13)11(10)15/h4-6,8H,3,7H2,1-2H3,(H,14,16). The third-order valence-electron chi connectivity index (χ3n) is 2.88. The van der Waals surface area contributed by atoms with Gasteiger partial charge in [0.05, 0.1) is 22.3 Å². The highest BCUT2D eigenvalue weighted by Crippen LogP contribution is 2.36. The summed E-state index contributed by atoms with van der Waals surface area (Å²) in [6.45, 7) is 5.54. The molecule has 1 aromatic rings. The number of fused-ring (bicyclic) bond motifs is 1. The van der Waals surface area contributed by atoms with Crippen molar-refractivity contribution in [1.29, 1.82) is 0 Å². The summed E-state index contributed by atoms with van der Waals surface area (Å²) in [5.41, 5.74) is 1.74. The number of amides is 1. The topological polar surface area (TPSA) is 32.3 Å². The number of carbonyl (C=O) groups excluding carboxylic acids is 1. The monoisotopic (exact) mass is 238 g/mol. The summed E-state index contributed by atoms with van der Waals surface area (Å²) in [4.78, 5) is 13.9. The van der Waals surface area contributed by atoms with E-state index in [9.17, 15) is 4.79 Å². The number of nitrogens with zero attached hydrogens (tertiary/aromatic N) is 1. The fourth-order valence-corrected chi connectivity index (χ4v) is 2.28. The number of benzene rings is 1. The Hall–Kier alpha value is -1.22. The van der Waals surface area contributed by atoms with Gasteiger partial charge in [-0.3, -0.25) is 4.79 Å². The molecular formula is C12H15ClN2O. The van der Waals surface area contributed by atoms with Crippen LogP contribution in [0.1, 0.15) is 13.8 Å². The Bertz CT molecular complexity index is 419. The highest BCUT2D eigenvalue weighted by Gasteiger charge is 2.25. The molecule has 0 bridgehead atoms. The third-order valence-corrected chi connectivity index (χ3v) is 3.19. The Morgan fingerprint density at radius 3 is 3.00 bits per heavy atom. The number of para-hydroxylation sites is 1. The molecule has 0 saturated carbocycles. The molecule has 0 radical (unpaired) electrons. The van der Waals surface area contributed by atoms with Crippen molar-refractivity contribution in [2.24, 2.45) is 5.92 Å². The molecule has 1 aromatic carbocycles. The van der Waals surface area contributed by atoms with Crippen LogP contribution in [0.25, 0.3) is 0 Å². The lowest BCUT2D eigenvalue weighted by Crippen LogP contribution is -2.30. The molecule has 1 amide bonds. The first-order chi connectivity index (χ1) is 7.63. The van der Waals surface area contributed by atoms with Crippen LogP contribution in [0.15, 0.2) is 18.2 Å². The summed E-state index contributed by atoms with van der Waals surface area (Å²) in [5, 5.41) is 3.60. The zero-order valence-electron chi connectivity index (χ0n) is 9.46. The summed E-state index contributed by atoms with van der Waals surface area (Å²) in [6.07, 6.45) is 0. The Labute approximate surface area is 100 Å². The minimum absolute atomic E-state index is 0.0246. The molecule has 0 fully saturated rings. The van der Waals surface area contributed by atoms with Crippen molar-refractivity contribution < 1.29 is 4.79 Å². The molecule has 4 heteroatoms. The van der Waals surface area contributed by atoms with Crippen LogP contribution < -0.4 is 10.2 Å². The van der Waals surface area contributed by atoms with E-state index in [0.717, 1.165) is 17.9 Å². The highest BCUT2D eigenvalue weighted by atomic mass is 35.5. The van der Waals surface area contributed by atoms with Crippen LogP contribution in [0.3, 0.4) is 0 Å². The molecule has 1 unspecified atom stereocenters. The van der Waals surface area contributed by atoms with E-state index >= 15 is 0 Å². The summed E-state index contributed by atoms with van der Waals surface area (Å²) < 4.78 is 0. The fraction of sp³-hybridized carbons (Fsp3) is 0.417. The predicted octanol–water partition coefficient (Wildman–Crippen LogP) is 2.75. The van der Waals surface area contributed by atoms with E-state index in [-0.39, 0.29) is 11.8 Å². The zero-order chi connectivity index (χ0) is 11.7. The van der Waals surface area contributed by atoms with Crippen molar-refractivity contribution in [2.45, 2.75) is 13.8 Å². The molecule has 2 rings (SSSR count). The van der Waals surface area contributed by atoms with E-state index in [0.29, 0.717) is 11.6 Å². The van der Waals surface area contributed by atoms with Gasteiger partial charge in [-0.1, -0.05) is 24.6 Å². The van der Waals surface area contributed by atoms with Gasteiger partial charge in [-0.15, -0.1) is 0 Å². The number of anilines is 2. The lowest BCUT2D eigenvalue weighted by atomic mass is 10.1. The zero-order valence-corrected chi connectivity index (χ0v) is 10.2. The average molecular weight is 239 g/mol. The van der Waals surface area contributed by atoms with E-state index in [1.54, 1.807) is 0 Å². The SMILES string of the molecule is CCN1CC(C)C(=O)Nc2cccc(Cl)c21. The van der Waals surface area contributed by atoms with E-state index in [1.807, 2.05) is 25.1 Å². The molecule has 1 atom stereocenters. The predicted molar refractivity (Wildman–Crippen MR) is 67.1 cm³/mol. The number of rotatable bonds is 1. The van der Waals surface area contributed by atoms with Crippen molar-refractivity contribution in [1.82, 2.24) is 0 Å². The van der Waals surface area contributed by atoms with Crippen LogP contribution in [-0.4, -0.2) is 19.0 Å². The van der Waals surface area contributed by atoms with Gasteiger partial charge >= 0.3 is 0 Å². The second-order valence-corrected chi connectivity index (χ2v) is 4.47. The van der Waals surface area contributed by atoms with E-state index in [2.05, 4.69) is 17.1 Å². The maximum Gasteiger partial charge on any atom is 0.229 e. The molecule has 3 nitrogen and oxygen atoms in total. The van der Waals surface area contributed by atoms with Crippen molar-refractivity contribution in [3.63, 3.8) is 0 Å². The second-order valence-electron chi connectivity index (χ2n) is 4.06. The van der Waals surface area contributed by atoms with Crippen LogP contribution in [0.5, 0.6) is 0 Å². The largest absolute Gasteiger partial charge is 0.368 e. The molecule has 0 spiro atoms. The summed E-state index contributed by atoms with van der Waals surface area (Å²) in [6, 6.07) is 5.59. The fourth-order valence-electron chi connectivity index (χ4n) is 1.99. The molecule has 1 heterocycles. The summed E-state index contributed by atoms with van der Waals surface area (Å²) in [7, 11) is 0. The molecule has 0 aliphatic carbocycles. The van der Waals surface area contributed by atoms with Crippen LogP contribution >= 0.6 is 11.6 Å². The average Bonchev–Trinajstić information content (AvgIpc) is 2.38. The van der Waals surface area contributed by atoms with Gasteiger partial charge in [0.25, 0.3) is 0 Å². The molecule has 0 saturated heterocycles. The quantitative estimate of drug-likeness (QED) is 0.816. The first-order valence-electron chi connectivity index (χ1n) is 5.47. The van der Waals surface area contributed by atoms with Gasteiger partial charge in [-0.25, -0.2) is 0 Å². The van der Waals surface area contributed by atoms with Gasteiger partial charge in [0.2, 0.25) is 5.91 Å². The number of nitrogens with one attached hydrogen (secondary N) is 1. The van der Waals surface area contributed by atoms with Crippen LogP contribution in [0.4, 0.5) is 11.4 Å². The normalized spacial score (nSPS) is 20.1. The highest BCUT2D eigenvalue weighted by molar-refractivity contribution is 6.34. The second kappa shape index (κ2) is 4.34.